The molecule has 1 aromatic carbocycles. The fraction of sp³-hybridized carbons (Fsp3) is 0.316. The van der Waals surface area contributed by atoms with Gasteiger partial charge in [0.1, 0.15) is 11.6 Å². The van der Waals surface area contributed by atoms with Crippen molar-refractivity contribution in [1.82, 2.24) is 20.4 Å². The number of nitrogens with one attached hydrogen (secondary N) is 1. The maximum Gasteiger partial charge on any atom is 0.241 e. The van der Waals surface area contributed by atoms with Gasteiger partial charge in [0.25, 0.3) is 0 Å². The number of benzene rings is 1. The highest BCUT2D eigenvalue weighted by Gasteiger charge is 2.31. The number of aromatic nitrogens is 2. The van der Waals surface area contributed by atoms with Crippen LogP contribution in [0, 0.1) is 5.82 Å². The zero-order valence-electron chi connectivity index (χ0n) is 14.6. The number of likely N-dealkylation sites (tertiary alicyclic amines) is 1. The van der Waals surface area contributed by atoms with Crippen molar-refractivity contribution in [2.45, 2.75) is 32.0 Å². The van der Waals surface area contributed by atoms with Crippen LogP contribution < -0.4 is 5.32 Å². The van der Waals surface area contributed by atoms with Crippen LogP contribution in [0.25, 0.3) is 11.4 Å². The molecule has 27 heavy (non-hydrogen) atoms. The molecule has 0 radical (unpaired) electrons. The van der Waals surface area contributed by atoms with Gasteiger partial charge in [-0.05, 0) is 55.8 Å². The number of nitrogens with zero attached hydrogens (tertiary/aromatic N) is 3. The fourth-order valence-corrected chi connectivity index (χ4v) is 3.23. The lowest BCUT2D eigenvalue weighted by Crippen LogP contribution is -2.42. The Kier molecular flexibility index (Phi) is 4.97. The van der Waals surface area contributed by atoms with Crippen molar-refractivity contribution in [3.8, 4) is 11.4 Å². The van der Waals surface area contributed by atoms with Gasteiger partial charge in [-0.1, -0.05) is 5.16 Å². The lowest BCUT2D eigenvalue weighted by Gasteiger charge is -2.21. The maximum atomic E-state index is 13.0. The summed E-state index contributed by atoms with van der Waals surface area (Å²) in [5.74, 6) is 1.20. The highest BCUT2D eigenvalue weighted by molar-refractivity contribution is 5.81. The van der Waals surface area contributed by atoms with Gasteiger partial charge in [0.2, 0.25) is 17.6 Å². The highest BCUT2D eigenvalue weighted by Crippen LogP contribution is 2.22. The number of amides is 1. The van der Waals surface area contributed by atoms with Crippen LogP contribution in [-0.4, -0.2) is 33.5 Å². The number of carbonyl (C=O) groups is 1. The number of carbonyl (C=O) groups excluding carboxylic acids is 1. The zero-order chi connectivity index (χ0) is 18.6. The van der Waals surface area contributed by atoms with Crippen LogP contribution in [0.1, 0.15) is 24.5 Å². The molecule has 4 rings (SSSR count). The third-order valence-electron chi connectivity index (χ3n) is 4.59. The molecular formula is C19H19FN4O3. The van der Waals surface area contributed by atoms with E-state index >= 15 is 0 Å². The Bertz CT molecular complexity index is 892. The molecule has 2 aromatic heterocycles. The molecule has 8 heteroatoms. The smallest absolute Gasteiger partial charge is 0.241 e. The van der Waals surface area contributed by atoms with Gasteiger partial charge in [-0.2, -0.15) is 4.98 Å². The zero-order valence-corrected chi connectivity index (χ0v) is 14.6. The van der Waals surface area contributed by atoms with E-state index < -0.39 is 0 Å². The maximum absolute atomic E-state index is 13.0. The Morgan fingerprint density at radius 2 is 2.15 bits per heavy atom. The molecule has 1 aliphatic heterocycles. The van der Waals surface area contributed by atoms with Crippen LogP contribution in [0.15, 0.2) is 51.6 Å². The summed E-state index contributed by atoms with van der Waals surface area (Å²) in [5, 5.41) is 6.85. The summed E-state index contributed by atoms with van der Waals surface area (Å²) in [6, 6.07) is 9.28. The summed E-state index contributed by atoms with van der Waals surface area (Å²) in [7, 11) is 0. The molecule has 0 spiro atoms. The Hall–Kier alpha value is -3.00. The van der Waals surface area contributed by atoms with Gasteiger partial charge >= 0.3 is 0 Å². The second-order valence-corrected chi connectivity index (χ2v) is 6.44. The van der Waals surface area contributed by atoms with Crippen molar-refractivity contribution in [1.29, 1.82) is 0 Å². The molecule has 3 heterocycles. The van der Waals surface area contributed by atoms with Crippen molar-refractivity contribution >= 4 is 5.91 Å². The van der Waals surface area contributed by atoms with Gasteiger partial charge in [0, 0.05) is 5.56 Å². The predicted octanol–water partition coefficient (Wildman–Crippen LogP) is 2.75. The van der Waals surface area contributed by atoms with Crippen LogP contribution in [0.5, 0.6) is 0 Å². The van der Waals surface area contributed by atoms with Gasteiger partial charge in [-0.3, -0.25) is 9.69 Å². The van der Waals surface area contributed by atoms with Gasteiger partial charge in [0.15, 0.2) is 0 Å². The van der Waals surface area contributed by atoms with Gasteiger partial charge in [-0.25, -0.2) is 4.39 Å². The summed E-state index contributed by atoms with van der Waals surface area (Å²) >= 11 is 0. The van der Waals surface area contributed by atoms with Crippen LogP contribution in [0.3, 0.4) is 0 Å². The predicted molar refractivity (Wildman–Crippen MR) is 93.7 cm³/mol. The molecule has 7 nitrogen and oxygen atoms in total. The average molecular weight is 370 g/mol. The minimum absolute atomic E-state index is 0.0397. The standard InChI is InChI=1S/C19H19FN4O3/c20-14-7-5-13(6-8-14)18-22-17(27-23-18)12-24-9-1-4-16(24)19(25)21-11-15-3-2-10-26-15/h2-3,5-8,10,16H,1,4,9,11-12H2,(H,21,25). The number of furan rings is 1. The highest BCUT2D eigenvalue weighted by atomic mass is 19.1. The molecule has 1 amide bonds. The largest absolute Gasteiger partial charge is 0.467 e. The van der Waals surface area contributed by atoms with Crippen molar-refractivity contribution in [3.05, 3.63) is 60.1 Å². The fourth-order valence-electron chi connectivity index (χ4n) is 3.23. The molecule has 1 unspecified atom stereocenters. The Morgan fingerprint density at radius 1 is 1.30 bits per heavy atom. The molecule has 0 saturated carbocycles. The molecule has 1 N–H and O–H groups in total. The van der Waals surface area contributed by atoms with E-state index in [9.17, 15) is 9.18 Å². The molecule has 3 aromatic rings. The van der Waals surface area contributed by atoms with Crippen LogP contribution in [0.4, 0.5) is 4.39 Å². The van der Waals surface area contributed by atoms with Crippen molar-refractivity contribution in [2.24, 2.45) is 0 Å². The Balaban J connectivity index is 1.38. The van der Waals surface area contributed by atoms with Crippen molar-refractivity contribution in [3.63, 3.8) is 0 Å². The Labute approximate surface area is 155 Å². The first-order valence-electron chi connectivity index (χ1n) is 8.82. The van der Waals surface area contributed by atoms with E-state index in [-0.39, 0.29) is 17.8 Å². The van der Waals surface area contributed by atoms with E-state index in [1.54, 1.807) is 24.5 Å². The second kappa shape index (κ2) is 7.71. The van der Waals surface area contributed by atoms with Crippen molar-refractivity contribution in [2.75, 3.05) is 6.54 Å². The number of rotatable bonds is 6. The van der Waals surface area contributed by atoms with Crippen LogP contribution >= 0.6 is 0 Å². The van der Waals surface area contributed by atoms with Gasteiger partial charge < -0.3 is 14.3 Å². The summed E-state index contributed by atoms with van der Waals surface area (Å²) < 4.78 is 23.6. The molecule has 1 aliphatic rings. The van der Waals surface area contributed by atoms with E-state index in [4.69, 9.17) is 8.94 Å². The number of hydrogen-bond donors (Lipinski definition) is 1. The molecule has 140 valence electrons. The van der Waals surface area contributed by atoms with Gasteiger partial charge in [-0.15, -0.1) is 0 Å². The van der Waals surface area contributed by atoms with E-state index in [2.05, 4.69) is 15.5 Å². The minimum atomic E-state index is -0.317. The molecule has 1 fully saturated rings. The molecule has 0 bridgehead atoms. The van der Waals surface area contributed by atoms with Crippen LogP contribution in [0.2, 0.25) is 0 Å². The van der Waals surface area contributed by atoms with E-state index in [0.717, 1.165) is 19.4 Å². The van der Waals surface area contributed by atoms with Crippen LogP contribution in [-0.2, 0) is 17.9 Å². The quantitative estimate of drug-likeness (QED) is 0.718. The van der Waals surface area contributed by atoms with E-state index in [0.29, 0.717) is 36.1 Å². The van der Waals surface area contributed by atoms with E-state index in [1.165, 1.54) is 12.1 Å². The molecular weight excluding hydrogens is 351 g/mol. The first-order valence-corrected chi connectivity index (χ1v) is 8.82. The first-order chi connectivity index (χ1) is 13.2. The number of hydrogen-bond acceptors (Lipinski definition) is 6. The SMILES string of the molecule is O=C(NCc1ccco1)C1CCCN1Cc1nc(-c2ccc(F)cc2)no1. The Morgan fingerprint density at radius 3 is 2.93 bits per heavy atom. The summed E-state index contributed by atoms with van der Waals surface area (Å²) in [4.78, 5) is 18.9. The molecule has 1 saturated heterocycles. The lowest BCUT2D eigenvalue weighted by atomic mass is 10.2. The summed E-state index contributed by atoms with van der Waals surface area (Å²) in [5.41, 5.74) is 0.681. The number of halogens is 1. The monoisotopic (exact) mass is 370 g/mol. The van der Waals surface area contributed by atoms with E-state index in [1.807, 2.05) is 11.0 Å². The third kappa shape index (κ3) is 4.06. The summed E-state index contributed by atoms with van der Waals surface area (Å²) in [6.07, 6.45) is 3.29. The van der Waals surface area contributed by atoms with Gasteiger partial charge in [0.05, 0.1) is 25.4 Å². The molecule has 0 aliphatic carbocycles. The lowest BCUT2D eigenvalue weighted by molar-refractivity contribution is -0.126. The summed E-state index contributed by atoms with van der Waals surface area (Å²) in [6.45, 7) is 1.55. The second-order valence-electron chi connectivity index (χ2n) is 6.44. The first kappa shape index (κ1) is 17.4. The molecule has 1 atom stereocenters. The van der Waals surface area contributed by atoms with Crippen molar-refractivity contribution < 1.29 is 18.1 Å². The normalized spacial score (nSPS) is 17.3. The average Bonchev–Trinajstić information content (AvgIpc) is 3.43. The topological polar surface area (TPSA) is 84.4 Å². The third-order valence-corrected chi connectivity index (χ3v) is 4.59. The minimum Gasteiger partial charge on any atom is -0.467 e.